The van der Waals surface area contributed by atoms with Gasteiger partial charge in [-0.3, -0.25) is 4.79 Å². The highest BCUT2D eigenvalue weighted by Gasteiger charge is 2.15. The average molecular weight is 188 g/mol. The van der Waals surface area contributed by atoms with Crippen LogP contribution in [0.1, 0.15) is 41.0 Å². The molecule has 0 amide bonds. The van der Waals surface area contributed by atoms with Gasteiger partial charge in [-0.2, -0.15) is 0 Å². The van der Waals surface area contributed by atoms with Gasteiger partial charge in [0.1, 0.15) is 5.78 Å². The minimum Gasteiger partial charge on any atom is -0.350 e. The normalized spacial score (nSPS) is 11.7. The van der Waals surface area contributed by atoms with Crippen LogP contribution >= 0.6 is 0 Å². The van der Waals surface area contributed by atoms with Crippen molar-refractivity contribution >= 4 is 5.78 Å². The first kappa shape index (κ1) is 12.6. The second-order valence-electron chi connectivity index (χ2n) is 3.71. The zero-order valence-corrected chi connectivity index (χ0v) is 9.16. The maximum Gasteiger partial charge on any atom is 0.165 e. The first-order valence-electron chi connectivity index (χ1n) is 4.72. The molecule has 78 valence electrons. The molecule has 0 aromatic carbocycles. The number of ether oxygens (including phenoxy) is 2. The van der Waals surface area contributed by atoms with Crippen molar-refractivity contribution in [3.8, 4) is 0 Å². The molecule has 0 fully saturated rings. The summed E-state index contributed by atoms with van der Waals surface area (Å²) in [5.41, 5.74) is 0. The van der Waals surface area contributed by atoms with Crippen LogP contribution in [0.5, 0.6) is 0 Å². The van der Waals surface area contributed by atoms with Crippen molar-refractivity contribution in [3.63, 3.8) is 0 Å². The number of ketones is 1. The van der Waals surface area contributed by atoms with E-state index in [9.17, 15) is 4.79 Å². The van der Waals surface area contributed by atoms with Gasteiger partial charge in [0.15, 0.2) is 6.29 Å². The molecule has 3 nitrogen and oxygen atoms in total. The third-order valence-corrected chi connectivity index (χ3v) is 1.30. The lowest BCUT2D eigenvalue weighted by atomic mass is 10.3. The van der Waals surface area contributed by atoms with E-state index in [2.05, 4.69) is 0 Å². The topological polar surface area (TPSA) is 35.5 Å². The summed E-state index contributed by atoms with van der Waals surface area (Å²) < 4.78 is 10.9. The summed E-state index contributed by atoms with van der Waals surface area (Å²) in [6, 6.07) is 0. The van der Waals surface area contributed by atoms with Gasteiger partial charge in [0.25, 0.3) is 0 Å². The van der Waals surface area contributed by atoms with Crippen molar-refractivity contribution < 1.29 is 14.3 Å². The molecule has 0 aliphatic heterocycles. The molecule has 0 spiro atoms. The fraction of sp³-hybridized carbons (Fsp3) is 0.900. The third kappa shape index (κ3) is 7.94. The van der Waals surface area contributed by atoms with Crippen LogP contribution < -0.4 is 0 Å². The molecule has 0 aliphatic rings. The number of carbonyl (C=O) groups excluding carboxylic acids is 1. The van der Waals surface area contributed by atoms with Crippen LogP contribution in [0.2, 0.25) is 0 Å². The molecular formula is C10H20O3. The fourth-order valence-corrected chi connectivity index (χ4v) is 0.970. The largest absolute Gasteiger partial charge is 0.350 e. The van der Waals surface area contributed by atoms with Gasteiger partial charge >= 0.3 is 0 Å². The molecule has 0 unspecified atom stereocenters. The molecule has 0 rings (SSSR count). The number of hydrogen-bond acceptors (Lipinski definition) is 3. The maximum absolute atomic E-state index is 10.9. The third-order valence-electron chi connectivity index (χ3n) is 1.30. The zero-order chi connectivity index (χ0) is 10.4. The van der Waals surface area contributed by atoms with E-state index >= 15 is 0 Å². The Balaban J connectivity index is 3.95. The van der Waals surface area contributed by atoms with Gasteiger partial charge in [-0.25, -0.2) is 0 Å². The number of carbonyl (C=O) groups is 1. The van der Waals surface area contributed by atoms with Crippen molar-refractivity contribution in [3.05, 3.63) is 0 Å². The Morgan fingerprint density at radius 3 is 1.69 bits per heavy atom. The van der Waals surface area contributed by atoms with Gasteiger partial charge in [0.05, 0.1) is 18.6 Å². The summed E-state index contributed by atoms with van der Waals surface area (Å²) in [5, 5.41) is 0. The van der Waals surface area contributed by atoms with Crippen molar-refractivity contribution in [2.45, 2.75) is 59.5 Å². The van der Waals surface area contributed by atoms with Gasteiger partial charge in [-0.05, 0) is 34.6 Å². The second kappa shape index (κ2) is 6.11. The summed E-state index contributed by atoms with van der Waals surface area (Å²) in [4.78, 5) is 10.9. The Morgan fingerprint density at radius 2 is 1.46 bits per heavy atom. The number of Topliss-reactive ketones (excluding diaryl/α,β-unsaturated/α-hetero) is 1. The van der Waals surface area contributed by atoms with Crippen LogP contribution in [0.4, 0.5) is 0 Å². The van der Waals surface area contributed by atoms with E-state index in [1.165, 1.54) is 0 Å². The molecule has 0 saturated carbocycles. The molecular weight excluding hydrogens is 168 g/mol. The van der Waals surface area contributed by atoms with Crippen LogP contribution in [0.3, 0.4) is 0 Å². The Bertz CT molecular complexity index is 142. The van der Waals surface area contributed by atoms with E-state index < -0.39 is 6.29 Å². The van der Waals surface area contributed by atoms with Gasteiger partial charge in [0.2, 0.25) is 0 Å². The first-order valence-corrected chi connectivity index (χ1v) is 4.72. The van der Waals surface area contributed by atoms with Crippen molar-refractivity contribution in [1.29, 1.82) is 0 Å². The summed E-state index contributed by atoms with van der Waals surface area (Å²) in [7, 11) is 0. The highest BCUT2D eigenvalue weighted by Crippen LogP contribution is 2.08. The van der Waals surface area contributed by atoms with Crippen molar-refractivity contribution in [2.75, 3.05) is 0 Å². The molecule has 0 radical (unpaired) electrons. The molecule has 0 atom stereocenters. The lowest BCUT2D eigenvalue weighted by molar-refractivity contribution is -0.184. The van der Waals surface area contributed by atoms with Crippen LogP contribution in [0, 0.1) is 0 Å². The molecule has 0 saturated heterocycles. The van der Waals surface area contributed by atoms with E-state index in [-0.39, 0.29) is 18.0 Å². The second-order valence-corrected chi connectivity index (χ2v) is 3.71. The standard InChI is InChI=1S/C10H20O3/c1-7(2)12-10(6-9(5)11)13-8(3)4/h7-8,10H,6H2,1-5H3. The lowest BCUT2D eigenvalue weighted by Gasteiger charge is -2.21. The van der Waals surface area contributed by atoms with Crippen LogP contribution in [-0.4, -0.2) is 24.3 Å². The smallest absolute Gasteiger partial charge is 0.165 e. The quantitative estimate of drug-likeness (QED) is 0.599. The minimum absolute atomic E-state index is 0.0862. The van der Waals surface area contributed by atoms with E-state index in [4.69, 9.17) is 9.47 Å². The predicted molar refractivity (Wildman–Crippen MR) is 51.5 cm³/mol. The van der Waals surface area contributed by atoms with Gasteiger partial charge in [0, 0.05) is 0 Å². The number of hydrogen-bond donors (Lipinski definition) is 0. The molecule has 3 heteroatoms. The van der Waals surface area contributed by atoms with E-state index in [0.717, 1.165) is 0 Å². The van der Waals surface area contributed by atoms with E-state index in [1.807, 2.05) is 27.7 Å². The Labute approximate surface area is 80.4 Å². The van der Waals surface area contributed by atoms with Gasteiger partial charge in [-0.1, -0.05) is 0 Å². The Kier molecular flexibility index (Phi) is 5.91. The molecule has 0 aromatic heterocycles. The Hall–Kier alpha value is -0.410. The summed E-state index contributed by atoms with van der Waals surface area (Å²) in [6.07, 6.45) is 0.111. The first-order chi connectivity index (χ1) is 5.91. The summed E-state index contributed by atoms with van der Waals surface area (Å²) >= 11 is 0. The van der Waals surface area contributed by atoms with E-state index in [0.29, 0.717) is 6.42 Å². The predicted octanol–water partition coefficient (Wildman–Crippen LogP) is 2.14. The van der Waals surface area contributed by atoms with Crippen LogP contribution in [0.25, 0.3) is 0 Å². The fourth-order valence-electron chi connectivity index (χ4n) is 0.970. The lowest BCUT2D eigenvalue weighted by Crippen LogP contribution is -2.26. The minimum atomic E-state index is -0.391. The highest BCUT2D eigenvalue weighted by molar-refractivity contribution is 5.75. The van der Waals surface area contributed by atoms with Crippen molar-refractivity contribution in [2.24, 2.45) is 0 Å². The van der Waals surface area contributed by atoms with Gasteiger partial charge < -0.3 is 9.47 Å². The van der Waals surface area contributed by atoms with Crippen LogP contribution in [0.15, 0.2) is 0 Å². The van der Waals surface area contributed by atoms with Gasteiger partial charge in [-0.15, -0.1) is 0 Å². The SMILES string of the molecule is CC(=O)CC(OC(C)C)OC(C)C. The Morgan fingerprint density at radius 1 is 1.08 bits per heavy atom. The molecule has 0 N–H and O–H groups in total. The highest BCUT2D eigenvalue weighted by atomic mass is 16.7. The molecule has 0 heterocycles. The van der Waals surface area contributed by atoms with E-state index in [1.54, 1.807) is 6.92 Å². The molecule has 13 heavy (non-hydrogen) atoms. The zero-order valence-electron chi connectivity index (χ0n) is 9.16. The average Bonchev–Trinajstić information content (AvgIpc) is 1.80. The molecule has 0 aliphatic carbocycles. The molecule has 0 bridgehead atoms. The monoisotopic (exact) mass is 188 g/mol. The molecule has 0 aromatic rings. The van der Waals surface area contributed by atoms with Crippen LogP contribution in [-0.2, 0) is 14.3 Å². The number of rotatable bonds is 6. The summed E-state index contributed by atoms with van der Waals surface area (Å²) in [5.74, 6) is 0.0892. The maximum atomic E-state index is 10.9. The van der Waals surface area contributed by atoms with Crippen molar-refractivity contribution in [1.82, 2.24) is 0 Å². The summed E-state index contributed by atoms with van der Waals surface area (Å²) in [6.45, 7) is 9.25.